The Morgan fingerprint density at radius 3 is 2.58 bits per heavy atom. The van der Waals surface area contributed by atoms with E-state index in [1.165, 1.54) is 11.0 Å². The highest BCUT2D eigenvalue weighted by Gasteiger charge is 2.45. The number of likely N-dealkylation sites (tertiary alicyclic amines) is 1. The molecule has 1 aliphatic heterocycles. The van der Waals surface area contributed by atoms with Crippen LogP contribution in [0.1, 0.15) is 26.5 Å². The SMILES string of the molecule is CC(C)(C)OC(=O)N1CC(N)(c2ccc(F)cn2)C1. The topological polar surface area (TPSA) is 68.5 Å². The molecule has 0 aromatic carbocycles. The second-order valence-electron chi connectivity index (χ2n) is 5.85. The fourth-order valence-corrected chi connectivity index (χ4v) is 1.92. The predicted octanol–water partition coefficient (Wildman–Crippen LogP) is 1.63. The molecule has 1 amide bonds. The Morgan fingerprint density at radius 2 is 2.11 bits per heavy atom. The van der Waals surface area contributed by atoms with Gasteiger partial charge in [0.15, 0.2) is 0 Å². The summed E-state index contributed by atoms with van der Waals surface area (Å²) in [5.41, 5.74) is 5.46. The molecule has 0 unspecified atom stereocenters. The molecule has 1 aromatic rings. The number of pyridine rings is 1. The predicted molar refractivity (Wildman–Crippen MR) is 67.9 cm³/mol. The van der Waals surface area contributed by atoms with E-state index in [2.05, 4.69) is 4.98 Å². The van der Waals surface area contributed by atoms with Crippen molar-refractivity contribution in [3.63, 3.8) is 0 Å². The van der Waals surface area contributed by atoms with Crippen molar-refractivity contribution in [1.29, 1.82) is 0 Å². The van der Waals surface area contributed by atoms with Gasteiger partial charge in [0.2, 0.25) is 0 Å². The number of ether oxygens (including phenoxy) is 1. The van der Waals surface area contributed by atoms with Gasteiger partial charge >= 0.3 is 6.09 Å². The summed E-state index contributed by atoms with van der Waals surface area (Å²) in [6, 6.07) is 2.86. The van der Waals surface area contributed by atoms with Crippen molar-refractivity contribution >= 4 is 6.09 Å². The molecule has 0 spiro atoms. The van der Waals surface area contributed by atoms with E-state index >= 15 is 0 Å². The molecule has 2 rings (SSSR count). The van der Waals surface area contributed by atoms with E-state index in [1.54, 1.807) is 6.07 Å². The van der Waals surface area contributed by atoms with Crippen LogP contribution in [0.15, 0.2) is 18.3 Å². The van der Waals surface area contributed by atoms with E-state index in [-0.39, 0.29) is 0 Å². The van der Waals surface area contributed by atoms with Gasteiger partial charge in [0.05, 0.1) is 17.4 Å². The van der Waals surface area contributed by atoms with Crippen molar-refractivity contribution in [3.8, 4) is 0 Å². The van der Waals surface area contributed by atoms with E-state index in [4.69, 9.17) is 10.5 Å². The van der Waals surface area contributed by atoms with E-state index in [1.807, 2.05) is 20.8 Å². The van der Waals surface area contributed by atoms with Crippen LogP contribution >= 0.6 is 0 Å². The summed E-state index contributed by atoms with van der Waals surface area (Å²) in [5.74, 6) is -0.407. The highest BCUT2D eigenvalue weighted by molar-refractivity contribution is 5.70. The van der Waals surface area contributed by atoms with E-state index in [9.17, 15) is 9.18 Å². The van der Waals surface area contributed by atoms with Gasteiger partial charge in [-0.2, -0.15) is 0 Å². The van der Waals surface area contributed by atoms with Crippen molar-refractivity contribution in [1.82, 2.24) is 9.88 Å². The first-order valence-electron chi connectivity index (χ1n) is 6.08. The lowest BCUT2D eigenvalue weighted by atomic mass is 9.87. The van der Waals surface area contributed by atoms with Crippen molar-refractivity contribution in [2.24, 2.45) is 5.73 Å². The maximum Gasteiger partial charge on any atom is 0.410 e. The standard InChI is InChI=1S/C13H18FN3O2/c1-12(2,3)19-11(18)17-7-13(15,8-17)10-5-4-9(14)6-16-10/h4-6H,7-8,15H2,1-3H3. The zero-order chi connectivity index (χ0) is 14.3. The summed E-state index contributed by atoms with van der Waals surface area (Å²) in [6.07, 6.45) is 0.732. The minimum atomic E-state index is -0.718. The highest BCUT2D eigenvalue weighted by Crippen LogP contribution is 2.29. The Labute approximate surface area is 111 Å². The molecular weight excluding hydrogens is 249 g/mol. The quantitative estimate of drug-likeness (QED) is 0.839. The van der Waals surface area contributed by atoms with Gasteiger partial charge in [-0.25, -0.2) is 9.18 Å². The maximum absolute atomic E-state index is 12.8. The number of nitrogens with two attached hydrogens (primary N) is 1. The molecule has 2 N–H and O–H groups in total. The lowest BCUT2D eigenvalue weighted by molar-refractivity contribution is -0.00969. The first-order chi connectivity index (χ1) is 8.70. The Bertz CT molecular complexity index is 476. The monoisotopic (exact) mass is 267 g/mol. The first-order valence-corrected chi connectivity index (χ1v) is 6.08. The number of hydrogen-bond acceptors (Lipinski definition) is 4. The van der Waals surface area contributed by atoms with Crippen LogP contribution in [0, 0.1) is 5.82 Å². The first kappa shape index (κ1) is 13.7. The number of rotatable bonds is 1. The fourth-order valence-electron chi connectivity index (χ4n) is 1.92. The molecule has 1 saturated heterocycles. The number of aromatic nitrogens is 1. The average Bonchev–Trinajstić information content (AvgIpc) is 2.23. The largest absolute Gasteiger partial charge is 0.444 e. The molecule has 2 heterocycles. The highest BCUT2D eigenvalue weighted by atomic mass is 19.1. The van der Waals surface area contributed by atoms with Crippen LogP contribution in [0.25, 0.3) is 0 Å². The van der Waals surface area contributed by atoms with E-state index in [0.29, 0.717) is 18.8 Å². The Hall–Kier alpha value is -1.69. The van der Waals surface area contributed by atoms with E-state index in [0.717, 1.165) is 6.20 Å². The number of amides is 1. The Morgan fingerprint density at radius 1 is 1.47 bits per heavy atom. The number of nitrogens with zero attached hydrogens (tertiary/aromatic N) is 2. The van der Waals surface area contributed by atoms with Crippen LogP contribution in [0.3, 0.4) is 0 Å². The molecular formula is C13H18FN3O2. The zero-order valence-electron chi connectivity index (χ0n) is 11.3. The smallest absolute Gasteiger partial charge is 0.410 e. The van der Waals surface area contributed by atoms with Crippen molar-refractivity contribution < 1.29 is 13.9 Å². The summed E-state index contributed by atoms with van der Waals surface area (Å²) < 4.78 is 18.0. The summed E-state index contributed by atoms with van der Waals surface area (Å²) in [4.78, 5) is 17.3. The summed E-state index contributed by atoms with van der Waals surface area (Å²) >= 11 is 0. The summed E-state index contributed by atoms with van der Waals surface area (Å²) in [6.45, 7) is 6.06. The third-order valence-corrected chi connectivity index (χ3v) is 2.84. The third kappa shape index (κ3) is 3.01. The average molecular weight is 267 g/mol. The van der Waals surface area contributed by atoms with Gasteiger partial charge in [0.25, 0.3) is 0 Å². The molecule has 5 nitrogen and oxygen atoms in total. The molecule has 0 atom stereocenters. The van der Waals surface area contributed by atoms with Crippen LogP contribution in [-0.4, -0.2) is 34.7 Å². The normalized spacial score (nSPS) is 17.8. The van der Waals surface area contributed by atoms with Crippen molar-refractivity contribution in [2.45, 2.75) is 31.9 Å². The Kier molecular flexibility index (Phi) is 3.22. The van der Waals surface area contributed by atoms with Crippen LogP contribution < -0.4 is 5.73 Å². The van der Waals surface area contributed by atoms with Crippen LogP contribution in [0.4, 0.5) is 9.18 Å². The maximum atomic E-state index is 12.8. The number of halogens is 1. The summed E-state index contributed by atoms with van der Waals surface area (Å²) in [5, 5.41) is 0. The van der Waals surface area contributed by atoms with Gasteiger partial charge in [-0.15, -0.1) is 0 Å². The van der Waals surface area contributed by atoms with Gasteiger partial charge in [-0.1, -0.05) is 0 Å². The summed E-state index contributed by atoms with van der Waals surface area (Å²) in [7, 11) is 0. The third-order valence-electron chi connectivity index (χ3n) is 2.84. The lowest BCUT2D eigenvalue weighted by Crippen LogP contribution is -2.66. The fraction of sp³-hybridized carbons (Fsp3) is 0.538. The number of hydrogen-bond donors (Lipinski definition) is 1. The molecule has 1 aromatic heterocycles. The minimum absolute atomic E-state index is 0.320. The molecule has 1 aliphatic rings. The molecule has 0 bridgehead atoms. The van der Waals surface area contributed by atoms with Crippen LogP contribution in [0.5, 0.6) is 0 Å². The van der Waals surface area contributed by atoms with Gasteiger partial charge < -0.3 is 15.4 Å². The number of carbonyl (C=O) groups excluding carboxylic acids is 1. The van der Waals surface area contributed by atoms with Crippen molar-refractivity contribution in [2.75, 3.05) is 13.1 Å². The van der Waals surface area contributed by atoms with Gasteiger partial charge in [-0.3, -0.25) is 4.98 Å². The molecule has 19 heavy (non-hydrogen) atoms. The van der Waals surface area contributed by atoms with Gasteiger partial charge in [0, 0.05) is 13.1 Å². The molecule has 0 radical (unpaired) electrons. The molecule has 104 valence electrons. The molecule has 0 aliphatic carbocycles. The number of carbonyl (C=O) groups is 1. The van der Waals surface area contributed by atoms with E-state index < -0.39 is 23.1 Å². The Balaban J connectivity index is 1.98. The van der Waals surface area contributed by atoms with Gasteiger partial charge in [-0.05, 0) is 32.9 Å². The molecule has 6 heteroatoms. The van der Waals surface area contributed by atoms with Gasteiger partial charge in [0.1, 0.15) is 11.4 Å². The minimum Gasteiger partial charge on any atom is -0.444 e. The van der Waals surface area contributed by atoms with Crippen LogP contribution in [0.2, 0.25) is 0 Å². The zero-order valence-corrected chi connectivity index (χ0v) is 11.3. The second kappa shape index (κ2) is 4.45. The van der Waals surface area contributed by atoms with Crippen LogP contribution in [-0.2, 0) is 10.3 Å². The molecule has 0 saturated carbocycles. The molecule has 1 fully saturated rings. The van der Waals surface area contributed by atoms with Crippen molar-refractivity contribution in [3.05, 3.63) is 29.8 Å². The lowest BCUT2D eigenvalue weighted by Gasteiger charge is -2.46. The second-order valence-corrected chi connectivity index (χ2v) is 5.85.